The van der Waals surface area contributed by atoms with E-state index in [1.807, 2.05) is 30.5 Å². The number of aryl methyl sites for hydroxylation is 2. The molecule has 0 bridgehead atoms. The van der Waals surface area contributed by atoms with E-state index in [1.54, 1.807) is 6.20 Å². The minimum Gasteiger partial charge on any atom is -0.232 e. The molecule has 2 aromatic rings. The summed E-state index contributed by atoms with van der Waals surface area (Å²) in [6.45, 7) is 8.26. The van der Waals surface area contributed by atoms with Crippen LogP contribution in [0.1, 0.15) is 31.7 Å². The third-order valence-corrected chi connectivity index (χ3v) is 1.85. The monoisotopic (exact) mass is 191 g/mol. The van der Waals surface area contributed by atoms with Crippen LogP contribution >= 0.6 is 0 Å². The molecule has 0 fully saturated rings. The van der Waals surface area contributed by atoms with Crippen LogP contribution in [-0.4, -0.2) is 14.6 Å². The van der Waals surface area contributed by atoms with Gasteiger partial charge in [0, 0.05) is 6.20 Å². The molecule has 0 atom stereocenters. The summed E-state index contributed by atoms with van der Waals surface area (Å²) in [7, 11) is 0. The van der Waals surface area contributed by atoms with Crippen LogP contribution in [0, 0.1) is 13.8 Å². The van der Waals surface area contributed by atoms with Crippen molar-refractivity contribution in [1.82, 2.24) is 14.6 Å². The van der Waals surface area contributed by atoms with Crippen molar-refractivity contribution in [1.29, 1.82) is 0 Å². The van der Waals surface area contributed by atoms with Crippen LogP contribution in [-0.2, 0) is 0 Å². The number of hydrogen-bond acceptors (Lipinski definition) is 2. The number of imidazole rings is 1. The zero-order chi connectivity index (χ0) is 10.6. The first-order valence-corrected chi connectivity index (χ1v) is 4.97. The summed E-state index contributed by atoms with van der Waals surface area (Å²) in [6, 6.07) is 3.84. The molecule has 0 aliphatic carbocycles. The van der Waals surface area contributed by atoms with Crippen molar-refractivity contribution in [2.45, 2.75) is 34.1 Å². The molecule has 0 aromatic carbocycles. The van der Waals surface area contributed by atoms with Crippen molar-refractivity contribution >= 4 is 5.65 Å². The van der Waals surface area contributed by atoms with Crippen LogP contribution in [0.25, 0.3) is 5.65 Å². The Hall–Kier alpha value is -1.38. The van der Waals surface area contributed by atoms with Crippen molar-refractivity contribution in [3.8, 4) is 0 Å². The van der Waals surface area contributed by atoms with Crippen LogP contribution in [0.15, 0.2) is 18.3 Å². The Morgan fingerprint density at radius 1 is 1.29 bits per heavy atom. The van der Waals surface area contributed by atoms with Gasteiger partial charge in [0.05, 0.1) is 11.4 Å². The quantitative estimate of drug-likeness (QED) is 0.641. The molecular formula is C11H17N3. The third-order valence-electron chi connectivity index (χ3n) is 1.85. The average molecular weight is 191 g/mol. The molecule has 0 radical (unpaired) electrons. The van der Waals surface area contributed by atoms with Gasteiger partial charge in [-0.15, -0.1) is 0 Å². The van der Waals surface area contributed by atoms with E-state index in [0.717, 1.165) is 17.0 Å². The Morgan fingerprint density at radius 3 is 2.50 bits per heavy atom. The second kappa shape index (κ2) is 4.74. The van der Waals surface area contributed by atoms with E-state index in [2.05, 4.69) is 23.9 Å². The second-order valence-corrected chi connectivity index (χ2v) is 3.28. The molecule has 0 aliphatic heterocycles. The Balaban J connectivity index is 0.000000293. The Labute approximate surface area is 84.8 Å². The molecule has 0 amide bonds. The summed E-state index contributed by atoms with van der Waals surface area (Å²) in [6.07, 6.45) is 3.01. The van der Waals surface area contributed by atoms with Gasteiger partial charge in [-0.1, -0.05) is 20.3 Å². The maximum Gasteiger partial charge on any atom is 0.154 e. The van der Waals surface area contributed by atoms with E-state index in [4.69, 9.17) is 0 Å². The van der Waals surface area contributed by atoms with Crippen molar-refractivity contribution in [2.75, 3.05) is 0 Å². The fourth-order valence-corrected chi connectivity index (χ4v) is 1.11. The van der Waals surface area contributed by atoms with Gasteiger partial charge in [0.15, 0.2) is 5.65 Å². The summed E-state index contributed by atoms with van der Waals surface area (Å²) < 4.78 is 1.84. The third kappa shape index (κ3) is 2.10. The SMILES string of the molecule is CCC.Cc1nc2cccnn2c1C. The van der Waals surface area contributed by atoms with Gasteiger partial charge in [-0.05, 0) is 26.0 Å². The molecule has 2 aromatic heterocycles. The molecule has 76 valence electrons. The van der Waals surface area contributed by atoms with E-state index in [9.17, 15) is 0 Å². The van der Waals surface area contributed by atoms with Gasteiger partial charge in [0.1, 0.15) is 0 Å². The first-order valence-electron chi connectivity index (χ1n) is 4.97. The standard InChI is InChI=1S/C8H9N3.C3H8/c1-6-7(2)11-8(10-6)4-3-5-9-11;1-3-2/h3-5H,1-2H3;3H2,1-2H3. The largest absolute Gasteiger partial charge is 0.232 e. The highest BCUT2D eigenvalue weighted by atomic mass is 15.3. The zero-order valence-corrected chi connectivity index (χ0v) is 9.28. The van der Waals surface area contributed by atoms with Crippen molar-refractivity contribution in [3.05, 3.63) is 29.7 Å². The van der Waals surface area contributed by atoms with E-state index >= 15 is 0 Å². The van der Waals surface area contributed by atoms with Gasteiger partial charge < -0.3 is 0 Å². The van der Waals surface area contributed by atoms with Crippen molar-refractivity contribution in [3.63, 3.8) is 0 Å². The molecule has 2 rings (SSSR count). The number of nitrogens with zero attached hydrogens (tertiary/aromatic N) is 3. The lowest BCUT2D eigenvalue weighted by Crippen LogP contribution is -1.91. The fourth-order valence-electron chi connectivity index (χ4n) is 1.11. The van der Waals surface area contributed by atoms with E-state index < -0.39 is 0 Å². The molecule has 0 spiro atoms. The molecule has 0 saturated heterocycles. The average Bonchev–Trinajstić information content (AvgIpc) is 2.45. The summed E-state index contributed by atoms with van der Waals surface area (Å²) in [5.41, 5.74) is 3.08. The van der Waals surface area contributed by atoms with E-state index in [0.29, 0.717) is 0 Å². The van der Waals surface area contributed by atoms with Gasteiger partial charge >= 0.3 is 0 Å². The van der Waals surface area contributed by atoms with Crippen molar-refractivity contribution < 1.29 is 0 Å². The minimum atomic E-state index is 0.919. The topological polar surface area (TPSA) is 30.2 Å². The van der Waals surface area contributed by atoms with Gasteiger partial charge in [0.2, 0.25) is 0 Å². The Morgan fingerprint density at radius 2 is 1.93 bits per heavy atom. The maximum atomic E-state index is 4.31. The molecule has 0 N–H and O–H groups in total. The van der Waals surface area contributed by atoms with Crippen LogP contribution in [0.4, 0.5) is 0 Å². The summed E-state index contributed by atoms with van der Waals surface area (Å²) in [5.74, 6) is 0. The zero-order valence-electron chi connectivity index (χ0n) is 9.28. The maximum absolute atomic E-state index is 4.31. The number of rotatable bonds is 0. The van der Waals surface area contributed by atoms with Gasteiger partial charge in [-0.25, -0.2) is 9.50 Å². The molecule has 0 unspecified atom stereocenters. The predicted molar refractivity (Wildman–Crippen MR) is 58.4 cm³/mol. The van der Waals surface area contributed by atoms with Crippen LogP contribution < -0.4 is 0 Å². The number of hydrogen-bond donors (Lipinski definition) is 0. The fraction of sp³-hybridized carbons (Fsp3) is 0.455. The molecule has 0 saturated carbocycles. The first-order chi connectivity index (χ1) is 6.70. The first kappa shape index (κ1) is 10.7. The van der Waals surface area contributed by atoms with E-state index in [1.165, 1.54) is 6.42 Å². The minimum absolute atomic E-state index is 0.919. The van der Waals surface area contributed by atoms with Crippen molar-refractivity contribution in [2.24, 2.45) is 0 Å². The van der Waals surface area contributed by atoms with Crippen LogP contribution in [0.5, 0.6) is 0 Å². The summed E-state index contributed by atoms with van der Waals surface area (Å²) in [5, 5.41) is 4.16. The molecule has 3 heteroatoms. The highest BCUT2D eigenvalue weighted by molar-refractivity contribution is 5.40. The van der Waals surface area contributed by atoms with Gasteiger partial charge in [-0.3, -0.25) is 0 Å². The molecule has 0 aliphatic rings. The molecule has 2 heterocycles. The highest BCUT2D eigenvalue weighted by Crippen LogP contribution is 2.07. The molecule has 14 heavy (non-hydrogen) atoms. The summed E-state index contributed by atoms with van der Waals surface area (Å²) in [4.78, 5) is 4.31. The lowest BCUT2D eigenvalue weighted by molar-refractivity contribution is 0.895. The van der Waals surface area contributed by atoms with Gasteiger partial charge in [0.25, 0.3) is 0 Å². The Kier molecular flexibility index (Phi) is 3.63. The number of fused-ring (bicyclic) bond motifs is 1. The highest BCUT2D eigenvalue weighted by Gasteiger charge is 2.01. The van der Waals surface area contributed by atoms with E-state index in [-0.39, 0.29) is 0 Å². The second-order valence-electron chi connectivity index (χ2n) is 3.28. The lowest BCUT2D eigenvalue weighted by Gasteiger charge is -1.91. The van der Waals surface area contributed by atoms with Crippen LogP contribution in [0.3, 0.4) is 0 Å². The molecule has 3 nitrogen and oxygen atoms in total. The summed E-state index contributed by atoms with van der Waals surface area (Å²) >= 11 is 0. The normalized spacial score (nSPS) is 9.71. The van der Waals surface area contributed by atoms with Gasteiger partial charge in [-0.2, -0.15) is 5.10 Å². The molecular weight excluding hydrogens is 174 g/mol. The predicted octanol–water partition coefficient (Wildman–Crippen LogP) is 2.76. The number of aromatic nitrogens is 3. The van der Waals surface area contributed by atoms with Crippen LogP contribution in [0.2, 0.25) is 0 Å². The Bertz CT molecular complexity index is 404. The smallest absolute Gasteiger partial charge is 0.154 e. The lowest BCUT2D eigenvalue weighted by atomic mass is 10.4.